The molecule has 0 amide bonds. The molecule has 1 aromatic heterocycles. The molecular formula is C8H13NOS. The van der Waals surface area contributed by atoms with E-state index in [9.17, 15) is 4.79 Å². The Morgan fingerprint density at radius 1 is 1.45 bits per heavy atom. The molecule has 0 aliphatic carbocycles. The lowest BCUT2D eigenvalue weighted by Crippen LogP contribution is -2.05. The van der Waals surface area contributed by atoms with Crippen LogP contribution in [0.5, 0.6) is 0 Å². The molecule has 3 heteroatoms. The Balaban J connectivity index is 2.96. The Kier molecular flexibility index (Phi) is 2.88. The normalized spacial score (nSPS) is 10.4. The molecule has 0 aromatic carbocycles. The van der Waals surface area contributed by atoms with Crippen molar-refractivity contribution in [2.75, 3.05) is 0 Å². The molecule has 0 bridgehead atoms. The molecule has 1 aromatic rings. The number of nitrogens with one attached hydrogen (secondary N) is 1. The van der Waals surface area contributed by atoms with Crippen LogP contribution in [0.1, 0.15) is 30.7 Å². The van der Waals surface area contributed by atoms with Gasteiger partial charge >= 0.3 is 0 Å². The molecule has 1 heterocycles. The first-order valence-electron chi connectivity index (χ1n) is 3.98. The second kappa shape index (κ2) is 3.72. The molecule has 0 radical (unpaired) electrons. The summed E-state index contributed by atoms with van der Waals surface area (Å²) in [4.78, 5) is 12.3. The van der Waals surface area contributed by atoms with Crippen molar-refractivity contribution >= 4 is 11.5 Å². The zero-order valence-electron chi connectivity index (χ0n) is 6.94. The van der Waals surface area contributed by atoms with Crippen LogP contribution < -0.4 is 5.56 Å². The van der Waals surface area contributed by atoms with E-state index >= 15 is 0 Å². The van der Waals surface area contributed by atoms with Gasteiger partial charge in [-0.25, -0.2) is 0 Å². The molecule has 0 aliphatic rings. The fraction of sp³-hybridized carbons (Fsp3) is 0.625. The number of hydrogen-bond donors (Lipinski definition) is 1. The highest BCUT2D eigenvalue weighted by molar-refractivity contribution is 7.05. The molecule has 0 saturated carbocycles. The Morgan fingerprint density at radius 3 is 2.73 bits per heavy atom. The smallest absolute Gasteiger partial charge is 0.261 e. The monoisotopic (exact) mass is 171 g/mol. The summed E-state index contributed by atoms with van der Waals surface area (Å²) in [6.45, 7) is 4.15. The van der Waals surface area contributed by atoms with Gasteiger partial charge in [-0.3, -0.25) is 9.17 Å². The van der Waals surface area contributed by atoms with Crippen molar-refractivity contribution in [3.05, 3.63) is 20.8 Å². The summed E-state index contributed by atoms with van der Waals surface area (Å²) in [5.41, 5.74) is 1.10. The fourth-order valence-electron chi connectivity index (χ4n) is 1.14. The largest absolute Gasteiger partial charge is 0.277 e. The maximum absolute atomic E-state index is 11.1. The van der Waals surface area contributed by atoms with Gasteiger partial charge in [-0.2, -0.15) is 0 Å². The van der Waals surface area contributed by atoms with E-state index in [-0.39, 0.29) is 5.56 Å². The Labute approximate surface area is 70.4 Å². The van der Waals surface area contributed by atoms with Crippen LogP contribution >= 0.6 is 11.5 Å². The Hall–Kier alpha value is -0.570. The Morgan fingerprint density at radius 2 is 2.18 bits per heavy atom. The van der Waals surface area contributed by atoms with Gasteiger partial charge in [0.25, 0.3) is 5.56 Å². The van der Waals surface area contributed by atoms with Crippen LogP contribution in [0.2, 0.25) is 0 Å². The van der Waals surface area contributed by atoms with Crippen LogP contribution in [0, 0.1) is 0 Å². The van der Waals surface area contributed by atoms with Gasteiger partial charge in [-0.05, 0) is 12.8 Å². The predicted octanol–water partition coefficient (Wildman–Crippen LogP) is 1.95. The molecule has 0 saturated heterocycles. The third kappa shape index (κ3) is 1.71. The third-order valence-corrected chi connectivity index (χ3v) is 2.69. The molecule has 1 N–H and O–H groups in total. The van der Waals surface area contributed by atoms with Crippen molar-refractivity contribution < 1.29 is 0 Å². The lowest BCUT2D eigenvalue weighted by molar-refractivity contribution is 0.917. The average molecular weight is 171 g/mol. The van der Waals surface area contributed by atoms with E-state index < -0.39 is 0 Å². The molecule has 1 rings (SSSR count). The maximum Gasteiger partial charge on any atom is 0.261 e. The van der Waals surface area contributed by atoms with Crippen LogP contribution in [0.25, 0.3) is 0 Å². The van der Waals surface area contributed by atoms with E-state index in [2.05, 4.69) is 11.3 Å². The SMILES string of the molecule is CCCc1s[nH]c(=O)c1CC. The number of aromatic amines is 1. The van der Waals surface area contributed by atoms with Crippen molar-refractivity contribution in [2.24, 2.45) is 0 Å². The second-order valence-corrected chi connectivity index (χ2v) is 3.44. The van der Waals surface area contributed by atoms with E-state index in [0.717, 1.165) is 24.8 Å². The highest BCUT2D eigenvalue weighted by Gasteiger charge is 2.05. The zero-order valence-corrected chi connectivity index (χ0v) is 7.75. The minimum Gasteiger partial charge on any atom is -0.277 e. The average Bonchev–Trinajstić information content (AvgIpc) is 2.33. The van der Waals surface area contributed by atoms with Gasteiger partial charge in [-0.1, -0.05) is 31.8 Å². The third-order valence-electron chi connectivity index (χ3n) is 1.71. The molecule has 0 fully saturated rings. The number of aryl methyl sites for hydroxylation is 1. The number of aromatic nitrogens is 1. The molecule has 0 unspecified atom stereocenters. The lowest BCUT2D eigenvalue weighted by Gasteiger charge is -1.93. The number of H-pyrrole nitrogens is 1. The summed E-state index contributed by atoms with van der Waals surface area (Å²) in [6, 6.07) is 0. The molecule has 62 valence electrons. The van der Waals surface area contributed by atoms with Gasteiger partial charge in [-0.15, -0.1) is 0 Å². The van der Waals surface area contributed by atoms with Crippen molar-refractivity contribution in [1.29, 1.82) is 0 Å². The van der Waals surface area contributed by atoms with Gasteiger partial charge in [0.15, 0.2) is 0 Å². The maximum atomic E-state index is 11.1. The summed E-state index contributed by atoms with van der Waals surface area (Å²) < 4.78 is 2.76. The summed E-state index contributed by atoms with van der Waals surface area (Å²) >= 11 is 1.49. The molecule has 2 nitrogen and oxygen atoms in total. The first-order valence-corrected chi connectivity index (χ1v) is 4.80. The van der Waals surface area contributed by atoms with Gasteiger partial charge in [0.2, 0.25) is 0 Å². The molecule has 0 spiro atoms. The summed E-state index contributed by atoms with van der Waals surface area (Å²) in [5, 5.41) is 0. The lowest BCUT2D eigenvalue weighted by atomic mass is 10.1. The second-order valence-electron chi connectivity index (χ2n) is 2.54. The summed E-state index contributed by atoms with van der Waals surface area (Å²) in [7, 11) is 0. The first kappa shape index (κ1) is 8.53. The highest BCUT2D eigenvalue weighted by atomic mass is 32.1. The van der Waals surface area contributed by atoms with Crippen LogP contribution in [-0.2, 0) is 12.8 Å². The Bertz CT molecular complexity index is 274. The minimum absolute atomic E-state index is 0.112. The summed E-state index contributed by atoms with van der Waals surface area (Å²) in [5.74, 6) is 0. The minimum atomic E-state index is 0.112. The van der Waals surface area contributed by atoms with E-state index in [4.69, 9.17) is 0 Å². The van der Waals surface area contributed by atoms with Gasteiger partial charge in [0.1, 0.15) is 0 Å². The van der Waals surface area contributed by atoms with E-state index in [1.54, 1.807) is 0 Å². The van der Waals surface area contributed by atoms with Gasteiger partial charge in [0, 0.05) is 10.4 Å². The van der Waals surface area contributed by atoms with Crippen molar-refractivity contribution in [2.45, 2.75) is 33.1 Å². The van der Waals surface area contributed by atoms with Crippen molar-refractivity contribution in [3.8, 4) is 0 Å². The first-order chi connectivity index (χ1) is 5.29. The van der Waals surface area contributed by atoms with Crippen LogP contribution in [0.3, 0.4) is 0 Å². The summed E-state index contributed by atoms with van der Waals surface area (Å²) in [6.07, 6.45) is 3.00. The topological polar surface area (TPSA) is 32.9 Å². The van der Waals surface area contributed by atoms with Crippen LogP contribution in [0.4, 0.5) is 0 Å². The van der Waals surface area contributed by atoms with Gasteiger partial charge in [0.05, 0.1) is 0 Å². The quantitative estimate of drug-likeness (QED) is 0.740. The molecule has 0 atom stereocenters. The van der Waals surface area contributed by atoms with Crippen LogP contribution in [-0.4, -0.2) is 4.37 Å². The molecule has 0 aliphatic heterocycles. The van der Waals surface area contributed by atoms with E-state index in [1.807, 2.05) is 6.92 Å². The predicted molar refractivity (Wildman–Crippen MR) is 48.3 cm³/mol. The highest BCUT2D eigenvalue weighted by Crippen LogP contribution is 2.11. The molecular weight excluding hydrogens is 158 g/mol. The fourth-order valence-corrected chi connectivity index (χ4v) is 2.15. The molecule has 11 heavy (non-hydrogen) atoms. The van der Waals surface area contributed by atoms with E-state index in [0.29, 0.717) is 0 Å². The van der Waals surface area contributed by atoms with Crippen molar-refractivity contribution in [1.82, 2.24) is 4.37 Å². The van der Waals surface area contributed by atoms with Crippen molar-refractivity contribution in [3.63, 3.8) is 0 Å². The zero-order chi connectivity index (χ0) is 8.27. The van der Waals surface area contributed by atoms with E-state index in [1.165, 1.54) is 16.4 Å². The van der Waals surface area contributed by atoms with Crippen LogP contribution in [0.15, 0.2) is 4.79 Å². The standard InChI is InChI=1S/C8H13NOS/c1-3-5-7-6(4-2)8(10)9-11-7/h3-5H2,1-2H3,(H,9,10). The number of hydrogen-bond acceptors (Lipinski definition) is 2. The van der Waals surface area contributed by atoms with Gasteiger partial charge < -0.3 is 0 Å². The number of rotatable bonds is 3.